The third kappa shape index (κ3) is 4.24. The van der Waals surface area contributed by atoms with E-state index in [1.807, 2.05) is 0 Å². The maximum absolute atomic E-state index is 5.36. The normalized spacial score (nSPS) is 12.1. The zero-order chi connectivity index (χ0) is 37.9. The van der Waals surface area contributed by atoms with Gasteiger partial charge in [0.1, 0.15) is 6.33 Å². The lowest BCUT2D eigenvalue weighted by Gasteiger charge is -2.11. The Labute approximate surface area is 330 Å². The van der Waals surface area contributed by atoms with Crippen molar-refractivity contribution in [2.75, 3.05) is 0 Å². The molecule has 0 bridgehead atoms. The molecule has 0 atom stereocenters. The molecule has 0 amide bonds. The Morgan fingerprint density at radius 3 is 0.948 bits per heavy atom. The molecule has 0 N–H and O–H groups in total. The van der Waals surface area contributed by atoms with E-state index in [-0.39, 0.29) is 0 Å². The molecule has 13 aromatic rings. The molecule has 0 spiro atoms. The van der Waals surface area contributed by atoms with Gasteiger partial charge < -0.3 is 9.13 Å². The molecule has 0 radical (unpaired) electrons. The maximum atomic E-state index is 5.36. The van der Waals surface area contributed by atoms with Crippen molar-refractivity contribution in [3.05, 3.63) is 188 Å². The van der Waals surface area contributed by atoms with Gasteiger partial charge in [-0.3, -0.25) is 9.13 Å². The number of benzene rings is 8. The van der Waals surface area contributed by atoms with Crippen molar-refractivity contribution in [1.82, 2.24) is 33.2 Å². The molecule has 5 heterocycles. The summed E-state index contributed by atoms with van der Waals surface area (Å²) in [5.41, 5.74) is 10.9. The number of para-hydroxylation sites is 6. The van der Waals surface area contributed by atoms with Crippen LogP contribution in [0.2, 0.25) is 0 Å². The second-order valence-corrected chi connectivity index (χ2v) is 14.9. The van der Waals surface area contributed by atoms with Crippen LogP contribution in [0.25, 0.3) is 110 Å². The Balaban J connectivity index is 1.10. The van der Waals surface area contributed by atoms with Crippen molar-refractivity contribution in [2.24, 2.45) is 0 Å². The van der Waals surface area contributed by atoms with Crippen LogP contribution < -0.4 is 0 Å². The number of fused-ring (bicyclic) bond motifs is 12. The van der Waals surface area contributed by atoms with Crippen molar-refractivity contribution in [3.63, 3.8) is 0 Å². The molecular formula is C51H31N7. The maximum Gasteiger partial charge on any atom is 0.239 e. The fourth-order valence-electron chi connectivity index (χ4n) is 9.50. The highest BCUT2D eigenvalue weighted by molar-refractivity contribution is 6.20. The van der Waals surface area contributed by atoms with E-state index < -0.39 is 0 Å². The van der Waals surface area contributed by atoms with Crippen molar-refractivity contribution in [1.29, 1.82) is 0 Å². The lowest BCUT2D eigenvalue weighted by atomic mass is 10.1. The molecule has 0 aliphatic carbocycles. The van der Waals surface area contributed by atoms with Gasteiger partial charge in [0.15, 0.2) is 0 Å². The van der Waals surface area contributed by atoms with Crippen LogP contribution in [0.1, 0.15) is 0 Å². The van der Waals surface area contributed by atoms with Gasteiger partial charge in [0.05, 0.1) is 44.1 Å². The van der Waals surface area contributed by atoms with Crippen LogP contribution in [0, 0.1) is 0 Å². The molecule has 13 rings (SSSR count). The van der Waals surface area contributed by atoms with Crippen molar-refractivity contribution >= 4 is 87.2 Å². The molecule has 0 unspecified atom stereocenters. The van der Waals surface area contributed by atoms with Crippen LogP contribution in [0.15, 0.2) is 188 Å². The minimum atomic E-state index is 0.559. The van der Waals surface area contributed by atoms with Crippen molar-refractivity contribution in [2.45, 2.75) is 0 Å². The lowest BCUT2D eigenvalue weighted by molar-refractivity contribution is 0.886. The van der Waals surface area contributed by atoms with Gasteiger partial charge in [-0.25, -0.2) is 9.97 Å². The Kier molecular flexibility index (Phi) is 6.32. The first-order valence-corrected chi connectivity index (χ1v) is 19.5. The number of rotatable bonds is 4. The van der Waals surface area contributed by atoms with E-state index in [4.69, 9.17) is 15.0 Å². The van der Waals surface area contributed by atoms with Crippen LogP contribution in [-0.2, 0) is 0 Å². The molecule has 8 aromatic carbocycles. The van der Waals surface area contributed by atoms with Crippen molar-refractivity contribution < 1.29 is 0 Å². The summed E-state index contributed by atoms with van der Waals surface area (Å²) in [6.07, 6.45) is 1.65. The van der Waals surface area contributed by atoms with Crippen LogP contribution in [0.4, 0.5) is 0 Å². The Hall–Kier alpha value is -8.03. The summed E-state index contributed by atoms with van der Waals surface area (Å²) in [5, 5.41) is 9.43. The van der Waals surface area contributed by atoms with Gasteiger partial charge in [-0.05, 0) is 72.8 Å². The van der Waals surface area contributed by atoms with Gasteiger partial charge in [0, 0.05) is 54.5 Å². The first kappa shape index (κ1) is 31.2. The molecule has 7 heteroatoms. The second-order valence-electron chi connectivity index (χ2n) is 14.9. The van der Waals surface area contributed by atoms with E-state index >= 15 is 0 Å². The molecule has 0 fully saturated rings. The SMILES string of the molecule is c1ccc(-n2c3ccccc3c3cc4c5ccccc5n(-c5ncnc(-n6c7ccccc7c7cc8c9ccccc9n(-c9ccccc9)c8cc76)n5)c4cc32)cc1. The predicted octanol–water partition coefficient (Wildman–Crippen LogP) is 12.3. The van der Waals surface area contributed by atoms with E-state index in [9.17, 15) is 0 Å². The molecule has 0 saturated heterocycles. The lowest BCUT2D eigenvalue weighted by Crippen LogP contribution is -2.08. The monoisotopic (exact) mass is 741 g/mol. The van der Waals surface area contributed by atoms with Gasteiger partial charge >= 0.3 is 0 Å². The minimum absolute atomic E-state index is 0.559. The number of hydrogen-bond donors (Lipinski definition) is 0. The fraction of sp³-hybridized carbons (Fsp3) is 0. The van der Waals surface area contributed by atoms with E-state index in [1.54, 1.807) is 6.33 Å². The minimum Gasteiger partial charge on any atom is -0.309 e. The Bertz CT molecular complexity index is 3550. The average molecular weight is 742 g/mol. The Morgan fingerprint density at radius 1 is 0.259 bits per heavy atom. The summed E-state index contributed by atoms with van der Waals surface area (Å²) in [6, 6.07) is 64.9. The molecule has 0 aliphatic rings. The van der Waals surface area contributed by atoms with Crippen LogP contribution in [0.3, 0.4) is 0 Å². The fourth-order valence-corrected chi connectivity index (χ4v) is 9.50. The zero-order valence-electron chi connectivity index (χ0n) is 31.0. The quantitative estimate of drug-likeness (QED) is 0.180. The molecule has 7 nitrogen and oxygen atoms in total. The van der Waals surface area contributed by atoms with Gasteiger partial charge in [0.25, 0.3) is 0 Å². The van der Waals surface area contributed by atoms with Crippen LogP contribution in [0.5, 0.6) is 0 Å². The third-order valence-corrected chi connectivity index (χ3v) is 11.9. The smallest absolute Gasteiger partial charge is 0.239 e. The summed E-state index contributed by atoms with van der Waals surface area (Å²) in [6.45, 7) is 0. The summed E-state index contributed by atoms with van der Waals surface area (Å²) < 4.78 is 9.11. The van der Waals surface area contributed by atoms with Crippen LogP contribution >= 0.6 is 0 Å². The van der Waals surface area contributed by atoms with E-state index in [0.29, 0.717) is 11.9 Å². The standard InChI is InChI=1S/C51H31N7/c1-3-15-32(16-4-1)55-42-23-11-7-19-34(42)38-27-40-36-21-9-13-25-44(36)57(48(40)29-46(38)55)50-52-31-53-51(54-50)58-45-26-14-10-22-37(45)41-28-39-35-20-8-12-24-43(35)56(47(39)30-49(41)58)33-17-5-2-6-18-33/h1-31H. The van der Waals surface area contributed by atoms with Crippen molar-refractivity contribution in [3.8, 4) is 23.3 Å². The summed E-state index contributed by atoms with van der Waals surface area (Å²) in [7, 11) is 0. The number of hydrogen-bond acceptors (Lipinski definition) is 3. The van der Waals surface area contributed by atoms with E-state index in [0.717, 1.165) is 66.0 Å². The predicted molar refractivity (Wildman–Crippen MR) is 237 cm³/mol. The first-order valence-electron chi connectivity index (χ1n) is 19.5. The molecular weight excluding hydrogens is 711 g/mol. The summed E-state index contributed by atoms with van der Waals surface area (Å²) in [5.74, 6) is 1.12. The highest BCUT2D eigenvalue weighted by Crippen LogP contribution is 2.41. The van der Waals surface area contributed by atoms with E-state index in [1.165, 1.54) is 32.6 Å². The highest BCUT2D eigenvalue weighted by Gasteiger charge is 2.22. The van der Waals surface area contributed by atoms with Gasteiger partial charge in [-0.1, -0.05) is 109 Å². The third-order valence-electron chi connectivity index (χ3n) is 11.9. The number of aromatic nitrogens is 7. The summed E-state index contributed by atoms with van der Waals surface area (Å²) in [4.78, 5) is 15.2. The Morgan fingerprint density at radius 2 is 0.569 bits per heavy atom. The largest absolute Gasteiger partial charge is 0.309 e. The zero-order valence-corrected chi connectivity index (χ0v) is 31.0. The van der Waals surface area contributed by atoms with E-state index in [2.05, 4.69) is 200 Å². The summed E-state index contributed by atoms with van der Waals surface area (Å²) >= 11 is 0. The molecule has 5 aromatic heterocycles. The van der Waals surface area contributed by atoms with Gasteiger partial charge in [-0.2, -0.15) is 4.98 Å². The van der Waals surface area contributed by atoms with Gasteiger partial charge in [-0.15, -0.1) is 0 Å². The highest BCUT2D eigenvalue weighted by atomic mass is 15.3. The molecule has 0 saturated carbocycles. The molecule has 58 heavy (non-hydrogen) atoms. The number of nitrogens with zero attached hydrogens (tertiary/aromatic N) is 7. The topological polar surface area (TPSA) is 58.4 Å². The van der Waals surface area contributed by atoms with Crippen LogP contribution in [-0.4, -0.2) is 33.2 Å². The molecule has 0 aliphatic heterocycles. The average Bonchev–Trinajstić information content (AvgIpc) is 4.00. The van der Waals surface area contributed by atoms with Gasteiger partial charge in [0.2, 0.25) is 11.9 Å². The first-order chi connectivity index (χ1) is 28.8. The second kappa shape index (κ2) is 11.7. The molecule has 270 valence electrons.